The highest BCUT2D eigenvalue weighted by Crippen LogP contribution is 2.26. The third-order valence-electron chi connectivity index (χ3n) is 4.15. The summed E-state index contributed by atoms with van der Waals surface area (Å²) in [6.07, 6.45) is 4.65. The Balaban J connectivity index is 1.70. The van der Waals surface area contributed by atoms with Gasteiger partial charge in [0, 0.05) is 43.7 Å². The first-order valence-corrected chi connectivity index (χ1v) is 6.78. The average molecular weight is 248 g/mol. The molecule has 0 radical (unpaired) electrons. The van der Waals surface area contributed by atoms with Crippen molar-refractivity contribution in [3.05, 3.63) is 17.5 Å². The minimum atomic E-state index is 0.137. The molecule has 5 heteroatoms. The molecule has 98 valence electrons. The van der Waals surface area contributed by atoms with Gasteiger partial charge >= 0.3 is 0 Å². The van der Waals surface area contributed by atoms with Crippen LogP contribution in [0.15, 0.2) is 6.20 Å². The number of piperazine rings is 1. The lowest BCUT2D eigenvalue weighted by atomic mass is 9.86. The third-order valence-corrected chi connectivity index (χ3v) is 4.15. The Bertz CT molecular complexity index is 442. The number of hydrogen-bond donors (Lipinski definition) is 2. The first-order chi connectivity index (χ1) is 8.75. The monoisotopic (exact) mass is 248 g/mol. The molecule has 1 aromatic heterocycles. The van der Waals surface area contributed by atoms with Crippen LogP contribution in [0.3, 0.4) is 0 Å². The van der Waals surface area contributed by atoms with Crippen molar-refractivity contribution >= 4 is 5.91 Å². The van der Waals surface area contributed by atoms with Crippen molar-refractivity contribution in [2.45, 2.75) is 32.2 Å². The molecule has 0 saturated carbocycles. The molecular weight excluding hydrogens is 228 g/mol. The number of H-pyrrole nitrogens is 1. The molecular formula is C13H20N4O. The van der Waals surface area contributed by atoms with E-state index in [1.54, 1.807) is 0 Å². The van der Waals surface area contributed by atoms with Crippen molar-refractivity contribution in [2.24, 2.45) is 5.92 Å². The second kappa shape index (κ2) is 4.72. The highest BCUT2D eigenvalue weighted by atomic mass is 16.2. The molecule has 0 aromatic carbocycles. The molecule has 2 aliphatic rings. The van der Waals surface area contributed by atoms with Crippen molar-refractivity contribution in [1.29, 1.82) is 0 Å². The van der Waals surface area contributed by atoms with Gasteiger partial charge in [-0.25, -0.2) is 0 Å². The van der Waals surface area contributed by atoms with E-state index in [0.29, 0.717) is 11.9 Å². The number of aromatic amines is 1. The topological polar surface area (TPSA) is 61.0 Å². The predicted molar refractivity (Wildman–Crippen MR) is 68.1 cm³/mol. The number of carbonyl (C=O) groups is 1. The fourth-order valence-electron chi connectivity index (χ4n) is 3.02. The van der Waals surface area contributed by atoms with Crippen LogP contribution in [-0.4, -0.2) is 46.7 Å². The van der Waals surface area contributed by atoms with Gasteiger partial charge in [0.1, 0.15) is 0 Å². The molecule has 18 heavy (non-hydrogen) atoms. The molecule has 2 N–H and O–H groups in total. The van der Waals surface area contributed by atoms with Crippen LogP contribution in [0.1, 0.15) is 24.6 Å². The largest absolute Gasteiger partial charge is 0.337 e. The quantitative estimate of drug-likeness (QED) is 0.753. The Labute approximate surface area is 107 Å². The highest BCUT2D eigenvalue weighted by Gasteiger charge is 2.32. The first kappa shape index (κ1) is 11.7. The smallest absolute Gasteiger partial charge is 0.226 e. The van der Waals surface area contributed by atoms with E-state index in [-0.39, 0.29) is 5.92 Å². The minimum absolute atomic E-state index is 0.137. The number of amides is 1. The van der Waals surface area contributed by atoms with Gasteiger partial charge in [0.05, 0.1) is 6.20 Å². The summed E-state index contributed by atoms with van der Waals surface area (Å²) in [4.78, 5) is 14.6. The molecule has 5 nitrogen and oxygen atoms in total. The van der Waals surface area contributed by atoms with Crippen molar-refractivity contribution in [1.82, 2.24) is 20.4 Å². The van der Waals surface area contributed by atoms with Gasteiger partial charge in [0.15, 0.2) is 0 Å². The summed E-state index contributed by atoms with van der Waals surface area (Å²) < 4.78 is 0. The Kier molecular flexibility index (Phi) is 3.07. The number of aromatic nitrogens is 2. The molecule has 3 rings (SSSR count). The lowest BCUT2D eigenvalue weighted by molar-refractivity contribution is -0.138. The third kappa shape index (κ3) is 2.03. The maximum Gasteiger partial charge on any atom is 0.226 e. The van der Waals surface area contributed by atoms with Crippen molar-refractivity contribution in [2.75, 3.05) is 19.6 Å². The van der Waals surface area contributed by atoms with E-state index in [1.165, 1.54) is 5.56 Å². The molecule has 0 spiro atoms. The van der Waals surface area contributed by atoms with Gasteiger partial charge in [-0.3, -0.25) is 9.89 Å². The Morgan fingerprint density at radius 3 is 3.28 bits per heavy atom. The van der Waals surface area contributed by atoms with Crippen molar-refractivity contribution in [3.8, 4) is 0 Å². The zero-order chi connectivity index (χ0) is 12.5. The average Bonchev–Trinajstić information content (AvgIpc) is 2.85. The molecule has 1 fully saturated rings. The standard InChI is InChI=1S/C13H20N4O/c1-9-7-14-4-5-17(9)13(18)10-2-3-11-8-15-16-12(11)6-10/h8-10,14H,2-7H2,1H3,(H,15,16)/t9-,10?/m0/s1. The van der Waals surface area contributed by atoms with Crippen LogP contribution in [0.4, 0.5) is 0 Å². The van der Waals surface area contributed by atoms with Gasteiger partial charge < -0.3 is 10.2 Å². The fraction of sp³-hybridized carbons (Fsp3) is 0.692. The maximum absolute atomic E-state index is 12.6. The Morgan fingerprint density at radius 1 is 1.56 bits per heavy atom. The van der Waals surface area contributed by atoms with E-state index in [2.05, 4.69) is 22.4 Å². The number of nitrogens with one attached hydrogen (secondary N) is 2. The zero-order valence-corrected chi connectivity index (χ0v) is 10.8. The maximum atomic E-state index is 12.6. The molecule has 1 saturated heterocycles. The van der Waals surface area contributed by atoms with E-state index in [0.717, 1.165) is 44.6 Å². The summed E-state index contributed by atoms with van der Waals surface area (Å²) in [6, 6.07) is 0.314. The number of carbonyl (C=O) groups excluding carboxylic acids is 1. The van der Waals surface area contributed by atoms with E-state index in [9.17, 15) is 4.79 Å². The van der Waals surface area contributed by atoms with Gasteiger partial charge in [0.25, 0.3) is 0 Å². The van der Waals surface area contributed by atoms with E-state index in [1.807, 2.05) is 11.1 Å². The van der Waals surface area contributed by atoms with Gasteiger partial charge in [-0.15, -0.1) is 0 Å². The molecule has 1 amide bonds. The van der Waals surface area contributed by atoms with Crippen LogP contribution < -0.4 is 5.32 Å². The highest BCUT2D eigenvalue weighted by molar-refractivity contribution is 5.80. The van der Waals surface area contributed by atoms with E-state index < -0.39 is 0 Å². The normalized spacial score (nSPS) is 27.9. The Hall–Kier alpha value is -1.36. The fourth-order valence-corrected chi connectivity index (χ4v) is 3.02. The number of rotatable bonds is 1. The van der Waals surface area contributed by atoms with Gasteiger partial charge in [-0.05, 0) is 25.3 Å². The van der Waals surface area contributed by atoms with Crippen LogP contribution in [0.25, 0.3) is 0 Å². The first-order valence-electron chi connectivity index (χ1n) is 6.78. The van der Waals surface area contributed by atoms with E-state index in [4.69, 9.17) is 0 Å². The second-order valence-electron chi connectivity index (χ2n) is 5.40. The molecule has 1 aromatic rings. The number of nitrogens with zero attached hydrogens (tertiary/aromatic N) is 2. The SMILES string of the molecule is C[C@H]1CNCCN1C(=O)C1CCc2cn[nH]c2C1. The van der Waals surface area contributed by atoms with Crippen LogP contribution in [0.5, 0.6) is 0 Å². The molecule has 0 bridgehead atoms. The molecule has 1 unspecified atom stereocenters. The second-order valence-corrected chi connectivity index (χ2v) is 5.40. The van der Waals surface area contributed by atoms with Gasteiger partial charge in [-0.2, -0.15) is 5.10 Å². The lowest BCUT2D eigenvalue weighted by Gasteiger charge is -2.37. The molecule has 2 heterocycles. The van der Waals surface area contributed by atoms with Crippen molar-refractivity contribution in [3.63, 3.8) is 0 Å². The van der Waals surface area contributed by atoms with Gasteiger partial charge in [0.2, 0.25) is 5.91 Å². The summed E-state index contributed by atoms with van der Waals surface area (Å²) in [5, 5.41) is 10.4. The zero-order valence-electron chi connectivity index (χ0n) is 10.8. The van der Waals surface area contributed by atoms with Crippen LogP contribution >= 0.6 is 0 Å². The lowest BCUT2D eigenvalue weighted by Crippen LogP contribution is -2.54. The number of aryl methyl sites for hydroxylation is 1. The summed E-state index contributed by atoms with van der Waals surface area (Å²) in [5.74, 6) is 0.461. The predicted octanol–water partition coefficient (Wildman–Crippen LogP) is 0.335. The van der Waals surface area contributed by atoms with Crippen LogP contribution in [0.2, 0.25) is 0 Å². The Morgan fingerprint density at radius 2 is 2.44 bits per heavy atom. The summed E-state index contributed by atoms with van der Waals surface area (Å²) >= 11 is 0. The summed E-state index contributed by atoms with van der Waals surface area (Å²) in [5.41, 5.74) is 2.44. The van der Waals surface area contributed by atoms with Gasteiger partial charge in [-0.1, -0.05) is 0 Å². The van der Waals surface area contributed by atoms with Crippen molar-refractivity contribution < 1.29 is 4.79 Å². The molecule has 1 aliphatic carbocycles. The minimum Gasteiger partial charge on any atom is -0.337 e. The summed E-state index contributed by atoms with van der Waals surface area (Å²) in [7, 11) is 0. The number of fused-ring (bicyclic) bond motifs is 1. The molecule has 2 atom stereocenters. The number of hydrogen-bond acceptors (Lipinski definition) is 3. The summed E-state index contributed by atoms with van der Waals surface area (Å²) in [6.45, 7) is 4.78. The van der Waals surface area contributed by atoms with E-state index >= 15 is 0 Å². The molecule has 1 aliphatic heterocycles. The van der Waals surface area contributed by atoms with Crippen LogP contribution in [-0.2, 0) is 17.6 Å². The van der Waals surface area contributed by atoms with Crippen LogP contribution in [0, 0.1) is 5.92 Å².